The second kappa shape index (κ2) is 3.72. The van der Waals surface area contributed by atoms with Gasteiger partial charge in [0.25, 0.3) is 0 Å². The lowest BCUT2D eigenvalue weighted by atomic mass is 10.3. The molecule has 0 aliphatic carbocycles. The van der Waals surface area contributed by atoms with Crippen LogP contribution in [0.4, 0.5) is 17.6 Å². The second-order valence-corrected chi connectivity index (χ2v) is 3.32. The molecule has 0 spiro atoms. The molecule has 7 heteroatoms. The lowest BCUT2D eigenvalue weighted by Crippen LogP contribution is -2.31. The molecular formula is C7H8F4N2S. The molecule has 1 aromatic heterocycles. The molecule has 14 heavy (non-hydrogen) atoms. The van der Waals surface area contributed by atoms with Gasteiger partial charge < -0.3 is 9.55 Å². The fraction of sp³-hybridized carbons (Fsp3) is 0.571. The molecule has 0 fully saturated rings. The van der Waals surface area contributed by atoms with Gasteiger partial charge in [-0.05, 0) is 19.1 Å². The number of hydrogen-bond donors (Lipinski definition) is 1. The van der Waals surface area contributed by atoms with Gasteiger partial charge in [-0.2, -0.15) is 8.78 Å². The van der Waals surface area contributed by atoms with Crippen molar-refractivity contribution < 1.29 is 17.6 Å². The minimum Gasteiger partial charge on any atom is -0.335 e. The summed E-state index contributed by atoms with van der Waals surface area (Å²) in [6, 6.07) is 0. The summed E-state index contributed by atoms with van der Waals surface area (Å²) in [6.07, 6.45) is -2.40. The molecule has 1 heterocycles. The first-order valence-corrected chi connectivity index (χ1v) is 4.16. The molecule has 0 aliphatic rings. The Morgan fingerprint density at radius 1 is 1.57 bits per heavy atom. The van der Waals surface area contributed by atoms with Crippen molar-refractivity contribution in [3.05, 3.63) is 16.7 Å². The van der Waals surface area contributed by atoms with Crippen molar-refractivity contribution in [1.29, 1.82) is 0 Å². The summed E-state index contributed by atoms with van der Waals surface area (Å²) in [4.78, 5) is 2.57. The van der Waals surface area contributed by atoms with E-state index in [0.29, 0.717) is 5.69 Å². The molecule has 0 saturated heterocycles. The Morgan fingerprint density at radius 3 is 2.50 bits per heavy atom. The van der Waals surface area contributed by atoms with Gasteiger partial charge in [-0.25, -0.2) is 8.78 Å². The lowest BCUT2D eigenvalue weighted by Gasteiger charge is -2.15. The molecule has 0 aliphatic heterocycles. The minimum absolute atomic E-state index is 0.0165. The van der Waals surface area contributed by atoms with Crippen molar-refractivity contribution in [1.82, 2.24) is 9.55 Å². The molecule has 1 aromatic rings. The molecule has 80 valence electrons. The van der Waals surface area contributed by atoms with Crippen LogP contribution in [0, 0.1) is 11.7 Å². The fourth-order valence-electron chi connectivity index (χ4n) is 0.979. The summed E-state index contributed by atoms with van der Waals surface area (Å²) < 4.78 is 49.8. The normalized spacial score (nSPS) is 12.4. The third kappa shape index (κ3) is 2.34. The highest BCUT2D eigenvalue weighted by Gasteiger charge is 2.41. The summed E-state index contributed by atoms with van der Waals surface area (Å²) in [5.74, 6) is -4.05. The van der Waals surface area contributed by atoms with Crippen molar-refractivity contribution >= 4 is 12.2 Å². The molecule has 0 bridgehead atoms. The Kier molecular flexibility index (Phi) is 2.98. The molecule has 0 aromatic carbocycles. The third-order valence-corrected chi connectivity index (χ3v) is 1.95. The van der Waals surface area contributed by atoms with Crippen LogP contribution in [-0.2, 0) is 6.54 Å². The van der Waals surface area contributed by atoms with Gasteiger partial charge in [0.05, 0.1) is 6.54 Å². The van der Waals surface area contributed by atoms with E-state index in [-0.39, 0.29) is 4.77 Å². The predicted octanol–water partition coefficient (Wildman–Crippen LogP) is 2.75. The van der Waals surface area contributed by atoms with E-state index in [4.69, 9.17) is 0 Å². The minimum atomic E-state index is -4.05. The number of aromatic amines is 1. The van der Waals surface area contributed by atoms with Crippen LogP contribution in [0.1, 0.15) is 5.69 Å². The van der Waals surface area contributed by atoms with Gasteiger partial charge in [-0.15, -0.1) is 0 Å². The second-order valence-electron chi connectivity index (χ2n) is 2.93. The first kappa shape index (κ1) is 11.2. The summed E-state index contributed by atoms with van der Waals surface area (Å²) in [6.45, 7) is 0.501. The number of hydrogen-bond acceptors (Lipinski definition) is 1. The number of H-pyrrole nitrogens is 1. The van der Waals surface area contributed by atoms with Crippen LogP contribution in [0.15, 0.2) is 6.20 Å². The van der Waals surface area contributed by atoms with E-state index >= 15 is 0 Å². The van der Waals surface area contributed by atoms with E-state index in [1.54, 1.807) is 6.92 Å². The maximum atomic E-state index is 12.6. The number of rotatable bonds is 3. The number of nitrogens with zero attached hydrogens (tertiary/aromatic N) is 1. The lowest BCUT2D eigenvalue weighted by molar-refractivity contribution is -0.137. The number of imidazole rings is 1. The van der Waals surface area contributed by atoms with Gasteiger partial charge in [-0.1, -0.05) is 0 Å². The maximum Gasteiger partial charge on any atom is 0.324 e. The zero-order valence-corrected chi connectivity index (χ0v) is 8.05. The molecule has 0 unspecified atom stereocenters. The first-order chi connectivity index (χ1) is 6.33. The van der Waals surface area contributed by atoms with Gasteiger partial charge in [0.15, 0.2) is 4.77 Å². The van der Waals surface area contributed by atoms with Gasteiger partial charge >= 0.3 is 12.3 Å². The van der Waals surface area contributed by atoms with E-state index in [2.05, 4.69) is 17.2 Å². The van der Waals surface area contributed by atoms with Crippen molar-refractivity contribution in [2.45, 2.75) is 25.8 Å². The summed E-state index contributed by atoms with van der Waals surface area (Å²) in [5, 5.41) is 0. The number of alkyl halides is 4. The number of halogens is 4. The number of aryl methyl sites for hydroxylation is 1. The summed E-state index contributed by atoms with van der Waals surface area (Å²) in [5.41, 5.74) is 0.556. The Morgan fingerprint density at radius 2 is 2.14 bits per heavy atom. The largest absolute Gasteiger partial charge is 0.335 e. The predicted molar refractivity (Wildman–Crippen MR) is 45.3 cm³/mol. The highest BCUT2D eigenvalue weighted by atomic mass is 32.1. The highest BCUT2D eigenvalue weighted by molar-refractivity contribution is 7.71. The number of aromatic nitrogens is 2. The smallest absolute Gasteiger partial charge is 0.324 e. The van der Waals surface area contributed by atoms with Crippen molar-refractivity contribution in [3.63, 3.8) is 0 Å². The van der Waals surface area contributed by atoms with E-state index in [1.807, 2.05) is 0 Å². The van der Waals surface area contributed by atoms with Crippen molar-refractivity contribution in [2.24, 2.45) is 0 Å². The SMILES string of the molecule is Cc1cn(CC(F)(F)C(F)F)c(=S)[nH]1. The van der Waals surface area contributed by atoms with E-state index in [9.17, 15) is 17.6 Å². The molecule has 0 radical (unpaired) electrons. The van der Waals surface area contributed by atoms with Crippen LogP contribution >= 0.6 is 12.2 Å². The van der Waals surface area contributed by atoms with Crippen LogP contribution in [0.25, 0.3) is 0 Å². The topological polar surface area (TPSA) is 20.7 Å². The molecule has 2 nitrogen and oxygen atoms in total. The van der Waals surface area contributed by atoms with Crippen LogP contribution in [0.5, 0.6) is 0 Å². The highest BCUT2D eigenvalue weighted by Crippen LogP contribution is 2.24. The monoisotopic (exact) mass is 228 g/mol. The Hall–Kier alpha value is -0.850. The Labute approximate surface area is 82.6 Å². The van der Waals surface area contributed by atoms with Gasteiger partial charge in [0, 0.05) is 11.9 Å². The summed E-state index contributed by atoms with van der Waals surface area (Å²) >= 11 is 4.66. The third-order valence-electron chi connectivity index (χ3n) is 1.61. The van der Waals surface area contributed by atoms with Gasteiger partial charge in [0.2, 0.25) is 0 Å². The van der Waals surface area contributed by atoms with E-state index in [1.165, 1.54) is 6.20 Å². The van der Waals surface area contributed by atoms with Crippen LogP contribution in [0.3, 0.4) is 0 Å². The summed E-state index contributed by atoms with van der Waals surface area (Å²) in [7, 11) is 0. The molecule has 0 saturated carbocycles. The average molecular weight is 228 g/mol. The molecular weight excluding hydrogens is 220 g/mol. The van der Waals surface area contributed by atoms with E-state index < -0.39 is 18.9 Å². The van der Waals surface area contributed by atoms with E-state index in [0.717, 1.165) is 4.57 Å². The van der Waals surface area contributed by atoms with Crippen molar-refractivity contribution in [3.8, 4) is 0 Å². The Bertz CT molecular complexity index is 368. The fourth-order valence-corrected chi connectivity index (χ4v) is 1.26. The molecule has 1 N–H and O–H groups in total. The maximum absolute atomic E-state index is 12.6. The zero-order valence-electron chi connectivity index (χ0n) is 7.23. The van der Waals surface area contributed by atoms with Crippen LogP contribution in [-0.4, -0.2) is 21.9 Å². The van der Waals surface area contributed by atoms with Gasteiger partial charge in [-0.3, -0.25) is 0 Å². The first-order valence-electron chi connectivity index (χ1n) is 3.75. The quantitative estimate of drug-likeness (QED) is 0.623. The molecule has 1 rings (SSSR count). The molecule has 0 atom stereocenters. The zero-order chi connectivity index (χ0) is 10.9. The standard InChI is InChI=1S/C7H8F4N2S/c1-4-2-13(6(14)12-4)3-7(10,11)5(8)9/h2,5H,3H2,1H3,(H,12,14). The average Bonchev–Trinajstić information content (AvgIpc) is 2.29. The Balaban J connectivity index is 2.89. The van der Waals surface area contributed by atoms with Gasteiger partial charge in [0.1, 0.15) is 0 Å². The van der Waals surface area contributed by atoms with Crippen LogP contribution < -0.4 is 0 Å². The van der Waals surface area contributed by atoms with Crippen LogP contribution in [0.2, 0.25) is 0 Å². The number of nitrogens with one attached hydrogen (secondary N) is 1. The van der Waals surface area contributed by atoms with Crippen molar-refractivity contribution in [2.75, 3.05) is 0 Å². The molecule has 0 amide bonds.